The summed E-state index contributed by atoms with van der Waals surface area (Å²) in [6.45, 7) is 5.93. The Bertz CT molecular complexity index is 740. The van der Waals surface area contributed by atoms with Gasteiger partial charge in [0.1, 0.15) is 0 Å². The lowest BCUT2D eigenvalue weighted by molar-refractivity contribution is -0.115. The van der Waals surface area contributed by atoms with Gasteiger partial charge < -0.3 is 10.6 Å². The highest BCUT2D eigenvalue weighted by Crippen LogP contribution is 2.22. The van der Waals surface area contributed by atoms with Crippen molar-refractivity contribution in [3.63, 3.8) is 0 Å². The minimum Gasteiger partial charge on any atom is -0.342 e. The van der Waals surface area contributed by atoms with Crippen LogP contribution in [0, 0.1) is 13.8 Å². The first-order valence-electron chi connectivity index (χ1n) is 7.34. The molecular weight excluding hydrogens is 376 g/mol. The Morgan fingerprint density at radius 2 is 1.91 bits per heavy atom. The van der Waals surface area contributed by atoms with Crippen molar-refractivity contribution in [1.29, 1.82) is 0 Å². The molecule has 0 atom stereocenters. The Labute approximate surface area is 148 Å². The number of halogens is 1. The topological polar surface area (TPSA) is 58.2 Å². The van der Waals surface area contributed by atoms with Gasteiger partial charge >= 0.3 is 0 Å². The average molecular weight is 395 g/mol. The molecule has 0 spiro atoms. The summed E-state index contributed by atoms with van der Waals surface area (Å²) in [5.74, 6) is -0.451. The van der Waals surface area contributed by atoms with Crippen LogP contribution < -0.4 is 10.6 Å². The van der Waals surface area contributed by atoms with E-state index in [0.717, 1.165) is 27.7 Å². The first-order valence-corrected chi connectivity index (χ1v) is 8.95. The minimum absolute atomic E-state index is 0.0489. The second-order valence-electron chi connectivity index (χ2n) is 5.26. The molecule has 2 amide bonds. The third-order valence-electron chi connectivity index (χ3n) is 3.44. The van der Waals surface area contributed by atoms with Gasteiger partial charge in [-0.25, -0.2) is 0 Å². The highest BCUT2D eigenvalue weighted by atomic mass is 79.9. The summed E-state index contributed by atoms with van der Waals surface area (Å²) < 4.78 is 0.959. The molecule has 0 saturated carbocycles. The van der Waals surface area contributed by atoms with Crippen molar-refractivity contribution in [3.8, 4) is 0 Å². The number of carbonyl (C=O) groups is 2. The Balaban J connectivity index is 1.91. The fourth-order valence-corrected chi connectivity index (χ4v) is 3.70. The Kier molecular flexibility index (Phi) is 5.96. The Hall–Kier alpha value is -1.66. The first-order chi connectivity index (χ1) is 10.9. The van der Waals surface area contributed by atoms with Crippen LogP contribution >= 0.6 is 27.3 Å². The molecule has 6 heteroatoms. The molecule has 1 heterocycles. The molecule has 0 aliphatic carbocycles. The molecule has 1 aromatic carbocycles. The van der Waals surface area contributed by atoms with Crippen molar-refractivity contribution in [2.24, 2.45) is 0 Å². The van der Waals surface area contributed by atoms with Gasteiger partial charge in [0.05, 0.1) is 11.4 Å². The molecular formula is C17H19BrN2O2S. The number of carbonyl (C=O) groups excluding carboxylic acids is 2. The van der Waals surface area contributed by atoms with Gasteiger partial charge in [-0.2, -0.15) is 0 Å². The molecule has 1 aromatic heterocycles. The summed E-state index contributed by atoms with van der Waals surface area (Å²) in [6, 6.07) is 7.49. The molecule has 2 rings (SSSR count). The predicted octanol–water partition coefficient (Wildman–Crippen LogP) is 4.06. The van der Waals surface area contributed by atoms with E-state index in [9.17, 15) is 9.59 Å². The number of nitrogens with one attached hydrogen (secondary N) is 2. The zero-order valence-electron chi connectivity index (χ0n) is 13.3. The summed E-state index contributed by atoms with van der Waals surface area (Å²) in [5, 5.41) is 5.47. The second kappa shape index (κ2) is 7.75. The molecule has 2 aromatic rings. The highest BCUT2D eigenvalue weighted by Gasteiger charge is 2.13. The van der Waals surface area contributed by atoms with Crippen LogP contribution in [0.2, 0.25) is 0 Å². The van der Waals surface area contributed by atoms with E-state index in [-0.39, 0.29) is 18.4 Å². The number of hydrogen-bond donors (Lipinski definition) is 2. The Morgan fingerprint density at radius 1 is 1.17 bits per heavy atom. The average Bonchev–Trinajstić information content (AvgIpc) is 2.89. The van der Waals surface area contributed by atoms with Crippen LogP contribution in [0.5, 0.6) is 0 Å². The second-order valence-corrected chi connectivity index (χ2v) is 7.31. The summed E-state index contributed by atoms with van der Waals surface area (Å²) in [4.78, 5) is 25.9. The van der Waals surface area contributed by atoms with Gasteiger partial charge in [0.2, 0.25) is 5.91 Å². The molecule has 0 unspecified atom stereocenters. The van der Waals surface area contributed by atoms with Gasteiger partial charge in [-0.1, -0.05) is 22.9 Å². The van der Waals surface area contributed by atoms with Crippen molar-refractivity contribution < 1.29 is 9.59 Å². The SMILES string of the molecule is CCc1sc(C(=O)NCC(=O)Nc2ccc(Br)cc2C)cc1C. The van der Waals surface area contributed by atoms with Crippen LogP contribution in [0.25, 0.3) is 0 Å². The quantitative estimate of drug-likeness (QED) is 0.802. The molecule has 4 nitrogen and oxygen atoms in total. The standard InChI is InChI=1S/C17H19BrN2O2S/c1-4-14-11(3)8-15(23-14)17(22)19-9-16(21)20-13-6-5-12(18)7-10(13)2/h5-8H,4,9H2,1-3H3,(H,19,22)(H,20,21). The zero-order chi connectivity index (χ0) is 17.0. The number of rotatable bonds is 5. The zero-order valence-corrected chi connectivity index (χ0v) is 15.7. The fraction of sp³-hybridized carbons (Fsp3) is 0.294. The molecule has 0 fully saturated rings. The first kappa shape index (κ1) is 17.7. The normalized spacial score (nSPS) is 10.4. The van der Waals surface area contributed by atoms with Crippen molar-refractivity contribution in [3.05, 3.63) is 49.6 Å². The summed E-state index contributed by atoms with van der Waals surface area (Å²) in [6.07, 6.45) is 0.910. The van der Waals surface area contributed by atoms with Crippen molar-refractivity contribution in [2.45, 2.75) is 27.2 Å². The highest BCUT2D eigenvalue weighted by molar-refractivity contribution is 9.10. The molecule has 0 bridgehead atoms. The van der Waals surface area contributed by atoms with Crippen molar-refractivity contribution in [2.75, 3.05) is 11.9 Å². The van der Waals surface area contributed by atoms with Gasteiger partial charge in [-0.05, 0) is 55.7 Å². The number of amides is 2. The fourth-order valence-electron chi connectivity index (χ4n) is 2.19. The molecule has 23 heavy (non-hydrogen) atoms. The third kappa shape index (κ3) is 4.65. The van der Waals surface area contributed by atoms with Gasteiger partial charge in [-0.3, -0.25) is 9.59 Å². The minimum atomic E-state index is -0.243. The van der Waals surface area contributed by atoms with Crippen LogP contribution in [-0.4, -0.2) is 18.4 Å². The van der Waals surface area contributed by atoms with Crippen LogP contribution in [0.3, 0.4) is 0 Å². The molecule has 2 N–H and O–H groups in total. The maximum absolute atomic E-state index is 12.1. The third-order valence-corrected chi connectivity index (χ3v) is 5.31. The maximum atomic E-state index is 12.1. The smallest absolute Gasteiger partial charge is 0.261 e. The van der Waals surface area contributed by atoms with E-state index >= 15 is 0 Å². The lowest BCUT2D eigenvalue weighted by atomic mass is 10.2. The van der Waals surface area contributed by atoms with Gasteiger partial charge in [0.25, 0.3) is 5.91 Å². The van der Waals surface area contributed by atoms with Gasteiger partial charge in [0.15, 0.2) is 0 Å². The van der Waals surface area contributed by atoms with Crippen LogP contribution in [0.1, 0.15) is 32.6 Å². The lowest BCUT2D eigenvalue weighted by Gasteiger charge is -2.09. The lowest BCUT2D eigenvalue weighted by Crippen LogP contribution is -2.32. The van der Waals surface area contributed by atoms with E-state index in [0.29, 0.717) is 4.88 Å². The number of hydrogen-bond acceptors (Lipinski definition) is 3. The molecule has 0 saturated heterocycles. The van der Waals surface area contributed by atoms with E-state index in [4.69, 9.17) is 0 Å². The number of aryl methyl sites for hydroxylation is 3. The van der Waals surface area contributed by atoms with E-state index in [1.807, 2.05) is 38.1 Å². The van der Waals surface area contributed by atoms with E-state index < -0.39 is 0 Å². The van der Waals surface area contributed by atoms with Gasteiger partial charge in [0, 0.05) is 15.0 Å². The van der Waals surface area contributed by atoms with Crippen molar-refractivity contribution in [1.82, 2.24) is 5.32 Å². The summed E-state index contributed by atoms with van der Waals surface area (Å²) in [7, 11) is 0. The predicted molar refractivity (Wildman–Crippen MR) is 98.3 cm³/mol. The van der Waals surface area contributed by atoms with Crippen molar-refractivity contribution >= 4 is 44.8 Å². The monoisotopic (exact) mass is 394 g/mol. The van der Waals surface area contributed by atoms with E-state index in [2.05, 4.69) is 33.5 Å². The Morgan fingerprint density at radius 3 is 2.52 bits per heavy atom. The molecule has 0 aliphatic heterocycles. The number of thiophene rings is 1. The van der Waals surface area contributed by atoms with Gasteiger partial charge in [-0.15, -0.1) is 11.3 Å². The van der Waals surface area contributed by atoms with Crippen LogP contribution in [0.4, 0.5) is 5.69 Å². The van der Waals surface area contributed by atoms with E-state index in [1.54, 1.807) is 0 Å². The largest absolute Gasteiger partial charge is 0.342 e. The summed E-state index contributed by atoms with van der Waals surface area (Å²) >= 11 is 4.86. The molecule has 122 valence electrons. The molecule has 0 aliphatic rings. The summed E-state index contributed by atoms with van der Waals surface area (Å²) in [5.41, 5.74) is 2.82. The number of anilines is 1. The van der Waals surface area contributed by atoms with E-state index in [1.165, 1.54) is 16.2 Å². The van der Waals surface area contributed by atoms with Crippen LogP contribution in [-0.2, 0) is 11.2 Å². The number of benzene rings is 1. The van der Waals surface area contributed by atoms with Crippen LogP contribution in [0.15, 0.2) is 28.7 Å². The molecule has 0 radical (unpaired) electrons. The maximum Gasteiger partial charge on any atom is 0.261 e.